The van der Waals surface area contributed by atoms with Crippen molar-refractivity contribution in [2.45, 2.75) is 31.7 Å². The van der Waals surface area contributed by atoms with Gasteiger partial charge in [-0.1, -0.05) is 0 Å². The highest BCUT2D eigenvalue weighted by Crippen LogP contribution is 2.24. The summed E-state index contributed by atoms with van der Waals surface area (Å²) in [4.78, 5) is 0.310. The van der Waals surface area contributed by atoms with E-state index in [1.807, 2.05) is 0 Å². The van der Waals surface area contributed by atoms with Crippen LogP contribution in [0, 0.1) is 13.8 Å². The van der Waals surface area contributed by atoms with E-state index in [9.17, 15) is 8.42 Å². The third-order valence-corrected chi connectivity index (χ3v) is 5.71. The Morgan fingerprint density at radius 2 is 2.05 bits per heavy atom. The van der Waals surface area contributed by atoms with Crippen LogP contribution in [0.4, 0.5) is 0 Å². The Hall–Kier alpha value is -0.630. The van der Waals surface area contributed by atoms with Crippen LogP contribution in [-0.2, 0) is 21.3 Å². The number of nitrogens with zero attached hydrogens (tertiary/aromatic N) is 3. The quantitative estimate of drug-likeness (QED) is 0.780. The van der Waals surface area contributed by atoms with E-state index in [0.29, 0.717) is 61.4 Å². The SMILES string of the molecule is Cc1nn(CCCl)c(C)c1S(=O)(=O)N1CCCOCC1. The lowest BCUT2D eigenvalue weighted by Gasteiger charge is -2.19. The molecule has 0 unspecified atom stereocenters. The molecule has 0 atom stereocenters. The molecule has 0 spiro atoms. The van der Waals surface area contributed by atoms with Crippen molar-refractivity contribution in [1.29, 1.82) is 0 Å². The summed E-state index contributed by atoms with van der Waals surface area (Å²) < 4.78 is 34.0. The fourth-order valence-corrected chi connectivity index (χ4v) is 4.44. The molecule has 1 aromatic heterocycles. The summed E-state index contributed by atoms with van der Waals surface area (Å²) >= 11 is 5.72. The summed E-state index contributed by atoms with van der Waals surface area (Å²) in [5, 5.41) is 4.28. The van der Waals surface area contributed by atoms with Gasteiger partial charge in [-0.3, -0.25) is 4.68 Å². The Kier molecular flexibility index (Phi) is 5.06. The second-order valence-electron chi connectivity index (χ2n) is 4.78. The molecule has 20 heavy (non-hydrogen) atoms. The van der Waals surface area contributed by atoms with E-state index in [1.165, 1.54) is 4.31 Å². The number of aromatic nitrogens is 2. The third kappa shape index (κ3) is 3.00. The van der Waals surface area contributed by atoms with Gasteiger partial charge in [0.25, 0.3) is 0 Å². The van der Waals surface area contributed by atoms with Gasteiger partial charge in [-0.2, -0.15) is 9.40 Å². The normalized spacial score (nSPS) is 18.1. The summed E-state index contributed by atoms with van der Waals surface area (Å²) in [6.07, 6.45) is 0.715. The number of hydrogen-bond donors (Lipinski definition) is 0. The van der Waals surface area contributed by atoms with Gasteiger partial charge in [-0.15, -0.1) is 11.6 Å². The molecule has 1 saturated heterocycles. The fraction of sp³-hybridized carbons (Fsp3) is 0.750. The van der Waals surface area contributed by atoms with E-state index in [-0.39, 0.29) is 0 Å². The minimum Gasteiger partial charge on any atom is -0.380 e. The Balaban J connectivity index is 2.38. The van der Waals surface area contributed by atoms with Gasteiger partial charge >= 0.3 is 0 Å². The molecule has 0 radical (unpaired) electrons. The van der Waals surface area contributed by atoms with Crippen LogP contribution >= 0.6 is 11.6 Å². The number of sulfonamides is 1. The largest absolute Gasteiger partial charge is 0.380 e. The molecule has 8 heteroatoms. The van der Waals surface area contributed by atoms with E-state index in [0.717, 1.165) is 0 Å². The smallest absolute Gasteiger partial charge is 0.246 e. The van der Waals surface area contributed by atoms with E-state index >= 15 is 0 Å². The van der Waals surface area contributed by atoms with Crippen LogP contribution in [0.15, 0.2) is 4.90 Å². The van der Waals surface area contributed by atoms with Gasteiger partial charge in [0.05, 0.1) is 24.5 Å². The predicted octanol–water partition coefficient (Wildman–Crippen LogP) is 1.15. The van der Waals surface area contributed by atoms with Crippen LogP contribution in [0.1, 0.15) is 17.8 Å². The van der Waals surface area contributed by atoms with Crippen molar-refractivity contribution in [3.8, 4) is 0 Å². The maximum absolute atomic E-state index is 12.8. The van der Waals surface area contributed by atoms with Crippen LogP contribution < -0.4 is 0 Å². The minimum atomic E-state index is -3.52. The van der Waals surface area contributed by atoms with Crippen molar-refractivity contribution in [1.82, 2.24) is 14.1 Å². The van der Waals surface area contributed by atoms with Crippen molar-refractivity contribution in [2.24, 2.45) is 0 Å². The van der Waals surface area contributed by atoms with Gasteiger partial charge in [0, 0.05) is 25.6 Å². The number of hydrogen-bond acceptors (Lipinski definition) is 4. The van der Waals surface area contributed by atoms with E-state index in [2.05, 4.69) is 5.10 Å². The minimum absolute atomic E-state index is 0.310. The molecule has 1 aromatic rings. The van der Waals surface area contributed by atoms with Gasteiger partial charge in [0.15, 0.2) is 0 Å². The van der Waals surface area contributed by atoms with Gasteiger partial charge < -0.3 is 4.74 Å². The van der Waals surface area contributed by atoms with Crippen LogP contribution in [0.25, 0.3) is 0 Å². The highest BCUT2D eigenvalue weighted by Gasteiger charge is 2.31. The van der Waals surface area contributed by atoms with Crippen molar-refractivity contribution in [3.05, 3.63) is 11.4 Å². The summed E-state index contributed by atoms with van der Waals surface area (Å²) in [6.45, 7) is 5.92. The van der Waals surface area contributed by atoms with Crippen LogP contribution in [0.5, 0.6) is 0 Å². The van der Waals surface area contributed by atoms with E-state index in [4.69, 9.17) is 16.3 Å². The third-order valence-electron chi connectivity index (χ3n) is 3.39. The lowest BCUT2D eigenvalue weighted by molar-refractivity contribution is 0.148. The first-order valence-corrected chi connectivity index (χ1v) is 8.64. The highest BCUT2D eigenvalue weighted by molar-refractivity contribution is 7.89. The molecule has 6 nitrogen and oxygen atoms in total. The van der Waals surface area contributed by atoms with Crippen LogP contribution in [-0.4, -0.2) is 54.7 Å². The summed E-state index contributed by atoms with van der Waals surface area (Å²) in [5.41, 5.74) is 1.17. The van der Waals surface area contributed by atoms with E-state index < -0.39 is 10.0 Å². The van der Waals surface area contributed by atoms with Gasteiger partial charge in [-0.05, 0) is 20.3 Å². The summed E-state index contributed by atoms with van der Waals surface area (Å²) in [6, 6.07) is 0. The second kappa shape index (κ2) is 6.43. The Morgan fingerprint density at radius 1 is 1.30 bits per heavy atom. The molecule has 0 saturated carbocycles. The molecule has 1 fully saturated rings. The Morgan fingerprint density at radius 3 is 2.75 bits per heavy atom. The zero-order chi connectivity index (χ0) is 14.8. The maximum atomic E-state index is 12.8. The van der Waals surface area contributed by atoms with Gasteiger partial charge in [-0.25, -0.2) is 8.42 Å². The molecule has 0 bridgehead atoms. The molecular weight excluding hydrogens is 302 g/mol. The molecule has 0 aliphatic carbocycles. The average molecular weight is 322 g/mol. The topological polar surface area (TPSA) is 64.4 Å². The van der Waals surface area contributed by atoms with Crippen LogP contribution in [0.3, 0.4) is 0 Å². The molecule has 114 valence electrons. The second-order valence-corrected chi connectivity index (χ2v) is 7.03. The monoisotopic (exact) mass is 321 g/mol. The molecule has 0 N–H and O–H groups in total. The fourth-order valence-electron chi connectivity index (χ4n) is 2.44. The van der Waals surface area contributed by atoms with Gasteiger partial charge in [0.1, 0.15) is 4.90 Å². The van der Waals surface area contributed by atoms with Gasteiger partial charge in [0.2, 0.25) is 10.0 Å². The Bertz CT molecular complexity index is 563. The maximum Gasteiger partial charge on any atom is 0.246 e. The van der Waals surface area contributed by atoms with Crippen molar-refractivity contribution in [2.75, 3.05) is 32.2 Å². The highest BCUT2D eigenvalue weighted by atomic mass is 35.5. The van der Waals surface area contributed by atoms with Crippen molar-refractivity contribution in [3.63, 3.8) is 0 Å². The molecule has 0 amide bonds. The molecule has 2 rings (SSSR count). The van der Waals surface area contributed by atoms with Crippen molar-refractivity contribution >= 4 is 21.6 Å². The number of ether oxygens (including phenoxy) is 1. The summed E-state index contributed by atoms with van der Waals surface area (Å²) in [5.74, 6) is 0.402. The lowest BCUT2D eigenvalue weighted by Crippen LogP contribution is -2.33. The predicted molar refractivity (Wildman–Crippen MR) is 76.6 cm³/mol. The Labute approximate surface area is 124 Å². The molecule has 1 aliphatic heterocycles. The standard InChI is InChI=1S/C12H20ClN3O3S/c1-10-12(11(2)16(14-10)6-4-13)20(17,18)15-5-3-8-19-9-7-15/h3-9H2,1-2H3. The number of aryl methyl sites for hydroxylation is 2. The molecule has 0 aromatic carbocycles. The van der Waals surface area contributed by atoms with Crippen LogP contribution in [0.2, 0.25) is 0 Å². The molecule has 1 aliphatic rings. The molecule has 2 heterocycles. The van der Waals surface area contributed by atoms with E-state index in [1.54, 1.807) is 18.5 Å². The first-order valence-electron chi connectivity index (χ1n) is 6.66. The average Bonchev–Trinajstić information content (AvgIpc) is 2.61. The zero-order valence-corrected chi connectivity index (χ0v) is 13.4. The number of rotatable bonds is 4. The zero-order valence-electron chi connectivity index (χ0n) is 11.8. The number of halogens is 1. The lowest BCUT2D eigenvalue weighted by atomic mass is 10.4. The molecular formula is C12H20ClN3O3S. The number of alkyl halides is 1. The summed E-state index contributed by atoms with van der Waals surface area (Å²) in [7, 11) is -3.52. The first kappa shape index (κ1) is 15.8. The first-order chi connectivity index (χ1) is 9.48. The van der Waals surface area contributed by atoms with Crippen molar-refractivity contribution < 1.29 is 13.2 Å².